The van der Waals surface area contributed by atoms with E-state index >= 15 is 0 Å². The van der Waals surface area contributed by atoms with Crippen LogP contribution in [0.3, 0.4) is 0 Å². The summed E-state index contributed by atoms with van der Waals surface area (Å²) in [6, 6.07) is 20.5. The topological polar surface area (TPSA) is 39.3 Å². The number of carbonyl (C=O) groups excluding carboxylic acids is 1. The lowest BCUT2D eigenvalue weighted by Gasteiger charge is -2.36. The van der Waals surface area contributed by atoms with E-state index < -0.39 is 0 Å². The number of terminal acetylenes is 1. The molecule has 2 aliphatic rings. The van der Waals surface area contributed by atoms with Crippen molar-refractivity contribution in [1.82, 2.24) is 9.80 Å². The molecule has 6 heteroatoms. The maximum Gasteiger partial charge on any atom is 0.260 e. The Labute approximate surface area is 207 Å². The fourth-order valence-corrected chi connectivity index (χ4v) is 4.95. The van der Waals surface area contributed by atoms with Crippen molar-refractivity contribution in [3.8, 4) is 18.1 Å². The van der Waals surface area contributed by atoms with Crippen molar-refractivity contribution < 1.29 is 9.53 Å². The molecule has 0 atom stereocenters. The van der Waals surface area contributed by atoms with Gasteiger partial charge in [0.05, 0.1) is 5.69 Å². The van der Waals surface area contributed by atoms with Crippen LogP contribution in [0.1, 0.15) is 5.56 Å². The Bertz CT molecular complexity index is 1230. The van der Waals surface area contributed by atoms with Crippen molar-refractivity contribution in [2.45, 2.75) is 0 Å². The maximum atomic E-state index is 12.9. The lowest BCUT2D eigenvalue weighted by Crippen LogP contribution is -2.50. The van der Waals surface area contributed by atoms with Gasteiger partial charge in [-0.1, -0.05) is 36.3 Å². The molecule has 0 N–H and O–H groups in total. The Morgan fingerprint density at radius 1 is 0.857 bits per heavy atom. The Kier molecular flexibility index (Phi) is 6.78. The van der Waals surface area contributed by atoms with E-state index in [9.17, 15) is 4.79 Å². The third-order valence-corrected chi connectivity index (χ3v) is 7.07. The minimum Gasteiger partial charge on any atom is -0.484 e. The van der Waals surface area contributed by atoms with Crippen molar-refractivity contribution in [2.75, 3.05) is 75.8 Å². The number of para-hydroxylation sites is 1. The van der Waals surface area contributed by atoms with Crippen molar-refractivity contribution >= 4 is 28.1 Å². The predicted octanol–water partition coefficient (Wildman–Crippen LogP) is 3.30. The minimum absolute atomic E-state index is 0.0161. The van der Waals surface area contributed by atoms with Crippen LogP contribution >= 0.6 is 0 Å². The standard InChI is InChI=1S/C29H32N4O2/c1-3-23-7-4-5-9-27(23)31-17-19-33(20-18-31)29(34)22-35-25-12-11-24-8-6-10-28(26(24)21-25)32-15-13-30(2)14-16-32/h1,4-12,21H,13-20,22H2,2H3. The van der Waals surface area contributed by atoms with Gasteiger partial charge in [-0.3, -0.25) is 4.79 Å². The predicted molar refractivity (Wildman–Crippen MR) is 142 cm³/mol. The number of hydrogen-bond acceptors (Lipinski definition) is 5. The molecule has 3 aromatic rings. The second-order valence-corrected chi connectivity index (χ2v) is 9.27. The molecule has 2 saturated heterocycles. The number of rotatable bonds is 5. The molecule has 6 nitrogen and oxygen atoms in total. The molecule has 0 aliphatic carbocycles. The Morgan fingerprint density at radius 2 is 1.54 bits per heavy atom. The smallest absolute Gasteiger partial charge is 0.260 e. The molecule has 0 spiro atoms. The number of carbonyl (C=O) groups is 1. The number of fused-ring (bicyclic) bond motifs is 1. The molecule has 35 heavy (non-hydrogen) atoms. The number of nitrogens with zero attached hydrogens (tertiary/aromatic N) is 4. The van der Waals surface area contributed by atoms with E-state index in [0.717, 1.165) is 56.3 Å². The van der Waals surface area contributed by atoms with Gasteiger partial charge in [0, 0.05) is 69.0 Å². The van der Waals surface area contributed by atoms with E-state index in [0.29, 0.717) is 13.1 Å². The Balaban J connectivity index is 1.21. The van der Waals surface area contributed by atoms with Gasteiger partial charge in [-0.2, -0.15) is 0 Å². The minimum atomic E-state index is 0.0161. The van der Waals surface area contributed by atoms with Crippen LogP contribution in [0.15, 0.2) is 60.7 Å². The fourth-order valence-electron chi connectivity index (χ4n) is 4.95. The van der Waals surface area contributed by atoms with Crippen LogP contribution in [0, 0.1) is 12.3 Å². The van der Waals surface area contributed by atoms with E-state index in [1.165, 1.54) is 16.5 Å². The lowest BCUT2D eigenvalue weighted by molar-refractivity contribution is -0.133. The highest BCUT2D eigenvalue weighted by Crippen LogP contribution is 2.31. The van der Waals surface area contributed by atoms with Gasteiger partial charge in [0.25, 0.3) is 5.91 Å². The fraction of sp³-hybridized carbons (Fsp3) is 0.345. The molecule has 2 fully saturated rings. The summed E-state index contributed by atoms with van der Waals surface area (Å²) in [5, 5.41) is 2.35. The van der Waals surface area contributed by atoms with Gasteiger partial charge < -0.3 is 24.3 Å². The summed E-state index contributed by atoms with van der Waals surface area (Å²) in [6.07, 6.45) is 5.66. The van der Waals surface area contributed by atoms with Crippen LogP contribution < -0.4 is 14.5 Å². The summed E-state index contributed by atoms with van der Waals surface area (Å²) in [5.41, 5.74) is 3.18. The zero-order valence-electron chi connectivity index (χ0n) is 20.3. The molecule has 2 aliphatic heterocycles. The third-order valence-electron chi connectivity index (χ3n) is 7.07. The molecular formula is C29H32N4O2. The van der Waals surface area contributed by atoms with Crippen molar-refractivity contribution in [1.29, 1.82) is 0 Å². The number of hydrogen-bond donors (Lipinski definition) is 0. The number of amides is 1. The van der Waals surface area contributed by atoms with Gasteiger partial charge in [-0.25, -0.2) is 0 Å². The molecular weight excluding hydrogens is 436 g/mol. The first-order valence-electron chi connectivity index (χ1n) is 12.3. The molecule has 0 aromatic heterocycles. The van der Waals surface area contributed by atoms with Gasteiger partial charge in [0.2, 0.25) is 0 Å². The van der Waals surface area contributed by atoms with Gasteiger partial charge in [-0.05, 0) is 42.8 Å². The largest absolute Gasteiger partial charge is 0.484 e. The van der Waals surface area contributed by atoms with E-state index in [2.05, 4.69) is 58.0 Å². The SMILES string of the molecule is C#Cc1ccccc1N1CCN(C(=O)COc2ccc3cccc(N4CCN(C)CC4)c3c2)CC1. The normalized spacial score (nSPS) is 16.9. The average molecular weight is 469 g/mol. The van der Waals surface area contributed by atoms with E-state index in [1.807, 2.05) is 35.2 Å². The first-order chi connectivity index (χ1) is 17.1. The number of anilines is 2. The summed E-state index contributed by atoms with van der Waals surface area (Å²) < 4.78 is 5.98. The maximum absolute atomic E-state index is 12.9. The van der Waals surface area contributed by atoms with Crippen LogP contribution in [-0.4, -0.2) is 81.7 Å². The van der Waals surface area contributed by atoms with Crippen molar-refractivity contribution in [3.63, 3.8) is 0 Å². The van der Waals surface area contributed by atoms with Gasteiger partial charge in [0.1, 0.15) is 5.75 Å². The Hall–Kier alpha value is -3.69. The highest BCUT2D eigenvalue weighted by Gasteiger charge is 2.23. The molecule has 2 heterocycles. The second kappa shape index (κ2) is 10.3. The van der Waals surface area contributed by atoms with Crippen LogP contribution in [0.25, 0.3) is 10.8 Å². The summed E-state index contributed by atoms with van der Waals surface area (Å²) in [5.74, 6) is 3.50. The van der Waals surface area contributed by atoms with Crippen LogP contribution in [0.2, 0.25) is 0 Å². The van der Waals surface area contributed by atoms with Crippen LogP contribution in [0.5, 0.6) is 5.75 Å². The molecule has 5 rings (SSSR count). The molecule has 0 unspecified atom stereocenters. The van der Waals surface area contributed by atoms with Crippen molar-refractivity contribution in [3.05, 3.63) is 66.2 Å². The summed E-state index contributed by atoms with van der Waals surface area (Å²) >= 11 is 0. The second-order valence-electron chi connectivity index (χ2n) is 9.27. The lowest BCUT2D eigenvalue weighted by atomic mass is 10.1. The molecule has 3 aromatic carbocycles. The van der Waals surface area contributed by atoms with Gasteiger partial charge in [0.15, 0.2) is 6.61 Å². The Morgan fingerprint density at radius 3 is 2.31 bits per heavy atom. The molecule has 0 saturated carbocycles. The number of likely N-dealkylation sites (N-methyl/N-ethyl adjacent to an activating group) is 1. The van der Waals surface area contributed by atoms with Crippen LogP contribution in [-0.2, 0) is 4.79 Å². The number of ether oxygens (including phenoxy) is 1. The average Bonchev–Trinajstić information content (AvgIpc) is 2.92. The highest BCUT2D eigenvalue weighted by atomic mass is 16.5. The first-order valence-corrected chi connectivity index (χ1v) is 12.3. The summed E-state index contributed by atoms with van der Waals surface area (Å²) in [6.45, 7) is 7.02. The summed E-state index contributed by atoms with van der Waals surface area (Å²) in [4.78, 5) is 21.8. The highest BCUT2D eigenvalue weighted by molar-refractivity contribution is 5.95. The van der Waals surface area contributed by atoms with Crippen molar-refractivity contribution in [2.24, 2.45) is 0 Å². The van der Waals surface area contributed by atoms with E-state index in [4.69, 9.17) is 11.2 Å². The van der Waals surface area contributed by atoms with E-state index in [-0.39, 0.29) is 12.5 Å². The monoisotopic (exact) mass is 468 g/mol. The first kappa shape index (κ1) is 23.1. The van der Waals surface area contributed by atoms with Gasteiger partial charge >= 0.3 is 0 Å². The number of benzene rings is 3. The molecule has 0 bridgehead atoms. The van der Waals surface area contributed by atoms with Crippen LogP contribution in [0.4, 0.5) is 11.4 Å². The molecule has 0 radical (unpaired) electrons. The zero-order valence-corrected chi connectivity index (χ0v) is 20.3. The number of piperazine rings is 2. The molecule has 1 amide bonds. The van der Waals surface area contributed by atoms with E-state index in [1.54, 1.807) is 0 Å². The van der Waals surface area contributed by atoms with Gasteiger partial charge in [-0.15, -0.1) is 6.42 Å². The third kappa shape index (κ3) is 5.06. The quantitative estimate of drug-likeness (QED) is 0.538. The summed E-state index contributed by atoms with van der Waals surface area (Å²) in [7, 11) is 2.17. The molecule has 180 valence electrons. The zero-order chi connectivity index (χ0) is 24.2.